The highest BCUT2D eigenvalue weighted by atomic mass is 32.1. The molecule has 0 spiro atoms. The summed E-state index contributed by atoms with van der Waals surface area (Å²) in [5.74, 6) is 0. The first-order valence-corrected chi connectivity index (χ1v) is 6.63. The first-order chi connectivity index (χ1) is 8.36. The van der Waals surface area contributed by atoms with E-state index in [1.807, 2.05) is 6.07 Å². The van der Waals surface area contributed by atoms with Gasteiger partial charge in [-0.1, -0.05) is 43.3 Å². The highest BCUT2D eigenvalue weighted by Gasteiger charge is 2.05. The van der Waals surface area contributed by atoms with Gasteiger partial charge in [0.15, 0.2) is 0 Å². The summed E-state index contributed by atoms with van der Waals surface area (Å²) in [7, 11) is 0. The Bertz CT molecular complexity index is 604. The summed E-state index contributed by atoms with van der Waals surface area (Å²) in [5, 5.41) is 1.11. The highest BCUT2D eigenvalue weighted by Crippen LogP contribution is 2.29. The minimum Gasteiger partial charge on any atom is -0.236 e. The van der Waals surface area contributed by atoms with Crippen molar-refractivity contribution in [1.29, 1.82) is 0 Å². The van der Waals surface area contributed by atoms with Crippen LogP contribution in [0.3, 0.4) is 0 Å². The van der Waals surface area contributed by atoms with Crippen LogP contribution >= 0.6 is 11.3 Å². The van der Waals surface area contributed by atoms with Gasteiger partial charge in [0.25, 0.3) is 0 Å². The van der Waals surface area contributed by atoms with Crippen LogP contribution in [0.1, 0.15) is 12.5 Å². The zero-order chi connectivity index (χ0) is 11.7. The zero-order valence-electron chi connectivity index (χ0n) is 9.68. The Morgan fingerprint density at radius 1 is 1.00 bits per heavy atom. The fourth-order valence-corrected chi connectivity index (χ4v) is 2.85. The molecule has 3 rings (SSSR count). The molecule has 0 radical (unpaired) electrons. The molecule has 0 aliphatic rings. The molecule has 0 fully saturated rings. The van der Waals surface area contributed by atoms with E-state index in [0.717, 1.165) is 16.9 Å². The van der Waals surface area contributed by atoms with Crippen LogP contribution in [0.25, 0.3) is 20.8 Å². The number of aromatic nitrogens is 1. The van der Waals surface area contributed by atoms with Crippen LogP contribution in [0.2, 0.25) is 0 Å². The van der Waals surface area contributed by atoms with Crippen LogP contribution < -0.4 is 0 Å². The largest absolute Gasteiger partial charge is 0.236 e. The van der Waals surface area contributed by atoms with E-state index in [-0.39, 0.29) is 0 Å². The lowest BCUT2D eigenvalue weighted by Gasteiger charge is -1.98. The number of para-hydroxylation sites is 1. The Morgan fingerprint density at radius 3 is 2.47 bits per heavy atom. The van der Waals surface area contributed by atoms with Gasteiger partial charge >= 0.3 is 0 Å². The molecule has 0 amide bonds. The lowest BCUT2D eigenvalue weighted by atomic mass is 10.1. The molecule has 0 bridgehead atoms. The fourth-order valence-electron chi connectivity index (χ4n) is 1.88. The van der Waals surface area contributed by atoms with Crippen molar-refractivity contribution in [2.45, 2.75) is 13.3 Å². The van der Waals surface area contributed by atoms with Gasteiger partial charge < -0.3 is 0 Å². The summed E-state index contributed by atoms with van der Waals surface area (Å²) in [5.41, 5.74) is 3.67. The lowest BCUT2D eigenvalue weighted by Crippen LogP contribution is -1.80. The van der Waals surface area contributed by atoms with Crippen molar-refractivity contribution < 1.29 is 0 Å². The number of nitrogens with zero attached hydrogens (tertiary/aromatic N) is 1. The number of rotatable bonds is 2. The standard InChI is InChI=1S/C15H13NS/c1-2-11-7-9-12(10-8-11)15-16-13-5-3-4-6-14(13)17-15/h3-10H,2H2,1H3. The van der Waals surface area contributed by atoms with E-state index in [4.69, 9.17) is 0 Å². The maximum atomic E-state index is 4.66. The van der Waals surface area contributed by atoms with Crippen molar-refractivity contribution >= 4 is 21.6 Å². The second kappa shape index (κ2) is 4.30. The van der Waals surface area contributed by atoms with Gasteiger partial charge in [-0.15, -0.1) is 11.3 Å². The molecule has 84 valence electrons. The van der Waals surface area contributed by atoms with Crippen LogP contribution in [-0.4, -0.2) is 4.98 Å². The third-order valence-corrected chi connectivity index (χ3v) is 3.99. The van der Waals surface area contributed by atoms with Crippen molar-refractivity contribution in [2.24, 2.45) is 0 Å². The van der Waals surface area contributed by atoms with E-state index >= 15 is 0 Å². The van der Waals surface area contributed by atoms with Gasteiger partial charge in [-0.2, -0.15) is 0 Å². The van der Waals surface area contributed by atoms with Crippen LogP contribution in [0.15, 0.2) is 48.5 Å². The Morgan fingerprint density at radius 2 is 1.76 bits per heavy atom. The second-order valence-corrected chi connectivity index (χ2v) is 5.07. The maximum Gasteiger partial charge on any atom is 0.124 e. The molecular formula is C15H13NS. The van der Waals surface area contributed by atoms with Crippen molar-refractivity contribution in [2.75, 3.05) is 0 Å². The molecule has 17 heavy (non-hydrogen) atoms. The summed E-state index contributed by atoms with van der Waals surface area (Å²) in [6.07, 6.45) is 1.08. The van der Waals surface area contributed by atoms with Gasteiger partial charge in [-0.05, 0) is 24.1 Å². The molecule has 2 aromatic carbocycles. The summed E-state index contributed by atoms with van der Waals surface area (Å²) in [6, 6.07) is 17.0. The normalized spacial score (nSPS) is 10.9. The van der Waals surface area contributed by atoms with Crippen molar-refractivity contribution in [3.63, 3.8) is 0 Å². The molecule has 0 atom stereocenters. The number of hydrogen-bond donors (Lipinski definition) is 0. The predicted octanol–water partition coefficient (Wildman–Crippen LogP) is 4.53. The van der Waals surface area contributed by atoms with E-state index in [0.29, 0.717) is 0 Å². The Balaban J connectivity index is 2.07. The third kappa shape index (κ3) is 1.96. The molecule has 3 aromatic rings. The Labute approximate surface area is 105 Å². The fraction of sp³-hybridized carbons (Fsp3) is 0.133. The molecule has 0 N–H and O–H groups in total. The number of hydrogen-bond acceptors (Lipinski definition) is 2. The van der Waals surface area contributed by atoms with E-state index < -0.39 is 0 Å². The molecule has 1 nitrogen and oxygen atoms in total. The van der Waals surface area contributed by atoms with E-state index in [2.05, 4.69) is 54.4 Å². The van der Waals surface area contributed by atoms with E-state index in [1.165, 1.54) is 15.8 Å². The highest BCUT2D eigenvalue weighted by molar-refractivity contribution is 7.21. The van der Waals surface area contributed by atoms with Crippen LogP contribution in [0.5, 0.6) is 0 Å². The molecule has 0 aliphatic heterocycles. The molecule has 1 heterocycles. The molecule has 0 aliphatic carbocycles. The number of fused-ring (bicyclic) bond motifs is 1. The van der Waals surface area contributed by atoms with E-state index in [1.54, 1.807) is 11.3 Å². The SMILES string of the molecule is CCc1ccc(-c2nc3ccccc3s2)cc1. The summed E-state index contributed by atoms with van der Waals surface area (Å²) in [6.45, 7) is 2.17. The molecular weight excluding hydrogens is 226 g/mol. The van der Waals surface area contributed by atoms with Crippen molar-refractivity contribution in [3.8, 4) is 10.6 Å². The van der Waals surface area contributed by atoms with Crippen LogP contribution in [0, 0.1) is 0 Å². The minimum absolute atomic E-state index is 1.08. The quantitative estimate of drug-likeness (QED) is 0.640. The summed E-state index contributed by atoms with van der Waals surface area (Å²) >= 11 is 1.75. The first-order valence-electron chi connectivity index (χ1n) is 5.81. The second-order valence-electron chi connectivity index (χ2n) is 4.04. The Kier molecular flexibility index (Phi) is 2.65. The maximum absolute atomic E-state index is 4.66. The number of aryl methyl sites for hydroxylation is 1. The first kappa shape index (κ1) is 10.5. The topological polar surface area (TPSA) is 12.9 Å². The molecule has 0 unspecified atom stereocenters. The van der Waals surface area contributed by atoms with Gasteiger partial charge in [0.05, 0.1) is 10.2 Å². The molecule has 2 heteroatoms. The van der Waals surface area contributed by atoms with Gasteiger partial charge in [-0.25, -0.2) is 4.98 Å². The summed E-state index contributed by atoms with van der Waals surface area (Å²) < 4.78 is 1.25. The third-order valence-electron chi connectivity index (χ3n) is 2.90. The molecule has 0 saturated carbocycles. The summed E-state index contributed by atoms with van der Waals surface area (Å²) in [4.78, 5) is 4.66. The average molecular weight is 239 g/mol. The Hall–Kier alpha value is -1.67. The van der Waals surface area contributed by atoms with Gasteiger partial charge in [0.2, 0.25) is 0 Å². The number of thiazole rings is 1. The smallest absolute Gasteiger partial charge is 0.124 e. The van der Waals surface area contributed by atoms with Gasteiger partial charge in [0.1, 0.15) is 5.01 Å². The predicted molar refractivity (Wildman–Crippen MR) is 74.4 cm³/mol. The van der Waals surface area contributed by atoms with Gasteiger partial charge in [0, 0.05) is 5.56 Å². The molecule has 0 saturated heterocycles. The minimum atomic E-state index is 1.08. The average Bonchev–Trinajstić information content (AvgIpc) is 2.82. The zero-order valence-corrected chi connectivity index (χ0v) is 10.5. The van der Waals surface area contributed by atoms with Crippen molar-refractivity contribution in [1.82, 2.24) is 4.98 Å². The molecule has 1 aromatic heterocycles. The van der Waals surface area contributed by atoms with Crippen LogP contribution in [0.4, 0.5) is 0 Å². The lowest BCUT2D eigenvalue weighted by molar-refractivity contribution is 1.14. The number of benzene rings is 2. The monoisotopic (exact) mass is 239 g/mol. The van der Waals surface area contributed by atoms with Crippen LogP contribution in [-0.2, 0) is 6.42 Å². The van der Waals surface area contributed by atoms with Gasteiger partial charge in [-0.3, -0.25) is 0 Å². The van der Waals surface area contributed by atoms with E-state index in [9.17, 15) is 0 Å². The van der Waals surface area contributed by atoms with Crippen molar-refractivity contribution in [3.05, 3.63) is 54.1 Å².